The van der Waals surface area contributed by atoms with Gasteiger partial charge in [0.2, 0.25) is 11.8 Å². The van der Waals surface area contributed by atoms with Crippen molar-refractivity contribution in [2.45, 2.75) is 23.0 Å². The maximum atomic E-state index is 12.8. The highest BCUT2D eigenvalue weighted by atomic mass is 79.9. The molecule has 0 N–H and O–H groups in total. The highest BCUT2D eigenvalue weighted by Crippen LogP contribution is 2.60. The Hall–Kier alpha value is -1.54. The van der Waals surface area contributed by atoms with Crippen LogP contribution < -0.4 is 0 Å². The number of ketones is 1. The van der Waals surface area contributed by atoms with E-state index in [1.165, 1.54) is 0 Å². The number of carbonyl (C=O) groups is 4. The number of alkyl halides is 2. The lowest BCUT2D eigenvalue weighted by Gasteiger charge is -2.28. The van der Waals surface area contributed by atoms with Crippen molar-refractivity contribution in [1.29, 1.82) is 0 Å². The minimum Gasteiger partial charge on any atom is -0.456 e. The Kier molecular flexibility index (Phi) is 5.20. The van der Waals surface area contributed by atoms with Gasteiger partial charge in [0.15, 0.2) is 12.4 Å². The number of likely N-dealkylation sites (tertiary alicyclic amines) is 1. The van der Waals surface area contributed by atoms with Crippen molar-refractivity contribution in [1.82, 2.24) is 4.90 Å². The van der Waals surface area contributed by atoms with Gasteiger partial charge in [-0.15, -0.1) is 0 Å². The molecule has 2 aliphatic carbocycles. The van der Waals surface area contributed by atoms with Crippen molar-refractivity contribution in [3.05, 3.63) is 35.4 Å². The summed E-state index contributed by atoms with van der Waals surface area (Å²) in [6.45, 7) is 1.06. The van der Waals surface area contributed by atoms with Crippen LogP contribution in [0.1, 0.15) is 22.3 Å². The Morgan fingerprint density at radius 1 is 1.04 bits per heavy atom. The molecule has 0 radical (unpaired) electrons. The van der Waals surface area contributed by atoms with E-state index in [1.54, 1.807) is 24.3 Å². The predicted molar refractivity (Wildman–Crippen MR) is 107 cm³/mol. The van der Waals surface area contributed by atoms with Crippen molar-refractivity contribution < 1.29 is 23.9 Å². The number of halogens is 2. The number of imide groups is 1. The average Bonchev–Trinajstić information content (AvgIpc) is 3.27. The molecule has 6 nitrogen and oxygen atoms in total. The van der Waals surface area contributed by atoms with Gasteiger partial charge >= 0.3 is 5.97 Å². The number of benzene rings is 1. The molecule has 1 aromatic rings. The zero-order chi connectivity index (χ0) is 20.2. The lowest BCUT2D eigenvalue weighted by molar-refractivity contribution is -0.152. The first-order valence-electron chi connectivity index (χ1n) is 9.18. The largest absolute Gasteiger partial charge is 0.456 e. The van der Waals surface area contributed by atoms with Gasteiger partial charge in [0.1, 0.15) is 6.54 Å². The Bertz CT molecular complexity index is 823. The maximum Gasteiger partial charge on any atom is 0.326 e. The fourth-order valence-electron chi connectivity index (χ4n) is 4.71. The van der Waals surface area contributed by atoms with Crippen LogP contribution in [0.4, 0.5) is 0 Å². The number of esters is 1. The van der Waals surface area contributed by atoms with Crippen molar-refractivity contribution in [2.75, 3.05) is 13.2 Å². The molecule has 8 heteroatoms. The average molecular weight is 513 g/mol. The van der Waals surface area contributed by atoms with Gasteiger partial charge in [0.05, 0.1) is 11.8 Å². The van der Waals surface area contributed by atoms with Crippen LogP contribution in [0, 0.1) is 30.6 Å². The fourth-order valence-corrected chi connectivity index (χ4v) is 6.58. The van der Waals surface area contributed by atoms with E-state index in [0.29, 0.717) is 5.56 Å². The highest BCUT2D eigenvalue weighted by molar-refractivity contribution is 9.12. The third kappa shape index (κ3) is 3.14. The zero-order valence-corrected chi connectivity index (χ0v) is 18.3. The Morgan fingerprint density at radius 3 is 2.11 bits per heavy atom. The van der Waals surface area contributed by atoms with Gasteiger partial charge in [0, 0.05) is 15.2 Å². The summed E-state index contributed by atoms with van der Waals surface area (Å²) in [6.07, 6.45) is 0.835. The molecule has 2 bridgehead atoms. The number of nitrogens with zero attached hydrogens (tertiary/aromatic N) is 1. The SMILES string of the molecule is Cc1ccc(C(=O)COC(=O)CN2C(=O)[C@@H]3[C@H]4C[C@@H]([C@H](Br)[C@H]4Br)[C@@H]3C2=O)cc1. The molecule has 148 valence electrons. The van der Waals surface area contributed by atoms with Crippen LogP contribution in [-0.4, -0.2) is 51.3 Å². The van der Waals surface area contributed by atoms with Crippen LogP contribution in [0.2, 0.25) is 0 Å². The first-order chi connectivity index (χ1) is 13.3. The monoisotopic (exact) mass is 511 g/mol. The first-order valence-corrected chi connectivity index (χ1v) is 11.0. The number of hydrogen-bond donors (Lipinski definition) is 0. The van der Waals surface area contributed by atoms with Crippen molar-refractivity contribution >= 4 is 55.4 Å². The van der Waals surface area contributed by atoms with Gasteiger partial charge in [-0.05, 0) is 25.2 Å². The summed E-state index contributed by atoms with van der Waals surface area (Å²) < 4.78 is 5.03. The second-order valence-electron chi connectivity index (χ2n) is 7.72. The summed E-state index contributed by atoms with van der Waals surface area (Å²) >= 11 is 7.25. The molecule has 3 aliphatic rings. The zero-order valence-electron chi connectivity index (χ0n) is 15.1. The molecule has 2 amide bonds. The standard InChI is InChI=1S/C20H19Br2NO5/c1-9-2-4-10(5-3-9)13(24)8-28-14(25)7-23-19(26)15-11-6-12(16(15)20(23)27)18(22)17(11)21/h2-5,11-12,15-18H,6-8H2,1H3/t11-,12-,15-,16+,17+,18+/m1/s1. The van der Waals surface area contributed by atoms with Crippen LogP contribution in [0.5, 0.6) is 0 Å². The second kappa shape index (κ2) is 7.37. The van der Waals surface area contributed by atoms with Gasteiger partial charge in [0.25, 0.3) is 0 Å². The van der Waals surface area contributed by atoms with Crippen LogP contribution in [0.15, 0.2) is 24.3 Å². The molecule has 0 unspecified atom stereocenters. The van der Waals surface area contributed by atoms with E-state index >= 15 is 0 Å². The minimum atomic E-state index is -0.750. The number of rotatable bonds is 5. The normalized spacial score (nSPS) is 33.3. The third-order valence-electron chi connectivity index (χ3n) is 6.10. The van der Waals surface area contributed by atoms with Crippen LogP contribution in [0.25, 0.3) is 0 Å². The van der Waals surface area contributed by atoms with Gasteiger partial charge in [-0.2, -0.15) is 0 Å². The molecule has 1 saturated heterocycles. The number of fused-ring (bicyclic) bond motifs is 5. The van der Waals surface area contributed by atoms with Gasteiger partial charge in [-0.3, -0.25) is 24.1 Å². The molecular weight excluding hydrogens is 494 g/mol. The quantitative estimate of drug-likeness (QED) is 0.262. The summed E-state index contributed by atoms with van der Waals surface area (Å²) in [5, 5.41) is 0. The summed E-state index contributed by atoms with van der Waals surface area (Å²) in [5.41, 5.74) is 1.47. The van der Waals surface area contributed by atoms with E-state index in [-0.39, 0.29) is 50.9 Å². The van der Waals surface area contributed by atoms with E-state index in [9.17, 15) is 19.2 Å². The molecule has 6 atom stereocenters. The molecule has 0 aromatic heterocycles. The summed E-state index contributed by atoms with van der Waals surface area (Å²) in [5.74, 6) is -2.21. The number of aryl methyl sites for hydroxylation is 1. The fraction of sp³-hybridized carbons (Fsp3) is 0.500. The molecule has 2 saturated carbocycles. The lowest BCUT2D eigenvalue weighted by atomic mass is 9.81. The van der Waals surface area contributed by atoms with E-state index in [0.717, 1.165) is 16.9 Å². The Labute approximate surface area is 179 Å². The number of hydrogen-bond acceptors (Lipinski definition) is 5. The molecule has 1 heterocycles. The van der Waals surface area contributed by atoms with Gasteiger partial charge in [-0.25, -0.2) is 0 Å². The molecule has 3 fully saturated rings. The van der Waals surface area contributed by atoms with Gasteiger partial charge in [-0.1, -0.05) is 61.7 Å². The topological polar surface area (TPSA) is 80.8 Å². The van der Waals surface area contributed by atoms with E-state index in [1.807, 2.05) is 6.92 Å². The number of carbonyl (C=O) groups excluding carboxylic acids is 4. The van der Waals surface area contributed by atoms with Crippen LogP contribution >= 0.6 is 31.9 Å². The van der Waals surface area contributed by atoms with Crippen LogP contribution in [-0.2, 0) is 19.1 Å². The smallest absolute Gasteiger partial charge is 0.326 e. The highest BCUT2D eigenvalue weighted by Gasteiger charge is 2.66. The molecule has 4 rings (SSSR count). The molecule has 1 aliphatic heterocycles. The van der Waals surface area contributed by atoms with Crippen molar-refractivity contribution in [2.24, 2.45) is 23.7 Å². The predicted octanol–water partition coefficient (Wildman–Crippen LogP) is 2.50. The van der Waals surface area contributed by atoms with E-state index in [4.69, 9.17) is 4.74 Å². The van der Waals surface area contributed by atoms with Crippen LogP contribution in [0.3, 0.4) is 0 Å². The Balaban J connectivity index is 1.36. The number of Topliss-reactive ketones (excluding diaryl/α,β-unsaturated/α-hetero) is 1. The summed E-state index contributed by atoms with van der Waals surface area (Å²) in [4.78, 5) is 51.1. The number of amides is 2. The summed E-state index contributed by atoms with van der Waals surface area (Å²) in [7, 11) is 0. The Morgan fingerprint density at radius 2 is 1.57 bits per heavy atom. The number of ether oxygens (including phenoxy) is 1. The van der Waals surface area contributed by atoms with E-state index < -0.39 is 19.1 Å². The maximum absolute atomic E-state index is 12.8. The molecule has 1 aromatic carbocycles. The third-order valence-corrected chi connectivity index (χ3v) is 9.31. The van der Waals surface area contributed by atoms with E-state index in [2.05, 4.69) is 31.9 Å². The lowest BCUT2D eigenvalue weighted by Crippen LogP contribution is -2.38. The summed E-state index contributed by atoms with van der Waals surface area (Å²) in [6, 6.07) is 6.95. The molecular formula is C20H19Br2NO5. The van der Waals surface area contributed by atoms with Gasteiger partial charge < -0.3 is 4.74 Å². The molecule has 0 spiro atoms. The first kappa shape index (κ1) is 19.8. The second-order valence-corrected chi connectivity index (χ2v) is 9.83. The minimum absolute atomic E-state index is 0.0972. The van der Waals surface area contributed by atoms with Crippen molar-refractivity contribution in [3.8, 4) is 0 Å². The molecule has 28 heavy (non-hydrogen) atoms. The van der Waals surface area contributed by atoms with Crippen molar-refractivity contribution in [3.63, 3.8) is 0 Å².